The predicted octanol–water partition coefficient (Wildman–Crippen LogP) is 12.1. The van der Waals surface area contributed by atoms with Gasteiger partial charge in [-0.1, -0.05) is 146 Å². The molecule has 4 heteroatoms. The lowest BCUT2D eigenvalue weighted by atomic mass is 9.95. The molecule has 0 radical (unpaired) electrons. The van der Waals surface area contributed by atoms with Gasteiger partial charge in [-0.2, -0.15) is 8.78 Å². The highest BCUT2D eigenvalue weighted by Gasteiger charge is 2.44. The molecule has 0 unspecified atom stereocenters. The number of aromatic nitrogens is 2. The standard InChI is InChI=1S/C45H28F2N2/c46-45(47)40-14-8-7-13-38(40)39-24-23-35(27-41(39)45)34-21-17-31-18-22-36(26-37(31)25-34)43-28-42(32-11-5-2-6-12-32)48-44(49-43)33-19-15-30(16-20-33)29-9-3-1-4-10-29/h1-28H. The van der Waals surface area contributed by atoms with Gasteiger partial charge in [0.2, 0.25) is 0 Å². The van der Waals surface area contributed by atoms with Gasteiger partial charge in [0.25, 0.3) is 5.92 Å². The zero-order chi connectivity index (χ0) is 33.0. The number of benzene rings is 7. The molecule has 0 spiro atoms. The van der Waals surface area contributed by atoms with E-state index in [-0.39, 0.29) is 11.1 Å². The van der Waals surface area contributed by atoms with Crippen LogP contribution in [0.25, 0.3) is 78.1 Å². The second-order valence-corrected chi connectivity index (χ2v) is 12.4. The first kappa shape index (κ1) is 28.9. The van der Waals surface area contributed by atoms with E-state index in [1.54, 1.807) is 18.2 Å². The predicted molar refractivity (Wildman–Crippen MR) is 195 cm³/mol. The van der Waals surface area contributed by atoms with E-state index < -0.39 is 5.92 Å². The summed E-state index contributed by atoms with van der Waals surface area (Å²) in [6.45, 7) is 0. The molecule has 0 bridgehead atoms. The Morgan fingerprint density at radius 3 is 1.61 bits per heavy atom. The Kier molecular flexibility index (Phi) is 6.77. The Labute approximate surface area is 283 Å². The summed E-state index contributed by atoms with van der Waals surface area (Å²) in [4.78, 5) is 10.1. The van der Waals surface area contributed by atoms with Crippen LogP contribution < -0.4 is 0 Å². The maximum absolute atomic E-state index is 15.5. The molecule has 0 N–H and O–H groups in total. The molecule has 7 aromatic carbocycles. The molecule has 0 aliphatic heterocycles. The molecule has 8 aromatic rings. The van der Waals surface area contributed by atoms with E-state index in [0.717, 1.165) is 61.1 Å². The minimum absolute atomic E-state index is 0.0544. The Morgan fingerprint density at radius 1 is 0.347 bits per heavy atom. The summed E-state index contributed by atoms with van der Waals surface area (Å²) < 4.78 is 31.0. The Morgan fingerprint density at radius 2 is 0.857 bits per heavy atom. The van der Waals surface area contributed by atoms with Crippen molar-refractivity contribution in [2.75, 3.05) is 0 Å². The molecule has 1 aliphatic carbocycles. The monoisotopic (exact) mass is 634 g/mol. The number of halogens is 2. The molecule has 2 nitrogen and oxygen atoms in total. The van der Waals surface area contributed by atoms with E-state index in [1.807, 2.05) is 72.8 Å². The van der Waals surface area contributed by atoms with Gasteiger partial charge >= 0.3 is 0 Å². The second kappa shape index (κ2) is 11.5. The average Bonchev–Trinajstić information content (AvgIpc) is 3.40. The summed E-state index contributed by atoms with van der Waals surface area (Å²) in [6, 6.07) is 55.4. The lowest BCUT2D eigenvalue weighted by Crippen LogP contribution is -2.10. The van der Waals surface area contributed by atoms with Crippen molar-refractivity contribution in [1.82, 2.24) is 9.97 Å². The molecule has 49 heavy (non-hydrogen) atoms. The molecule has 0 fully saturated rings. The highest BCUT2D eigenvalue weighted by Crippen LogP contribution is 2.51. The quantitative estimate of drug-likeness (QED) is 0.188. The van der Waals surface area contributed by atoms with E-state index >= 15 is 8.78 Å². The zero-order valence-corrected chi connectivity index (χ0v) is 26.3. The van der Waals surface area contributed by atoms with Crippen LogP contribution in [0.4, 0.5) is 8.78 Å². The molecule has 232 valence electrons. The SMILES string of the molecule is FC1(F)c2ccccc2-c2ccc(-c3ccc4ccc(-c5cc(-c6ccccc6)nc(-c6ccc(-c7ccccc7)cc6)n5)cc4c3)cc21. The average molecular weight is 635 g/mol. The van der Waals surface area contributed by atoms with Gasteiger partial charge in [-0.25, -0.2) is 9.97 Å². The summed E-state index contributed by atoms with van der Waals surface area (Å²) in [7, 11) is 0. The van der Waals surface area contributed by atoms with Gasteiger partial charge in [0.05, 0.1) is 11.4 Å². The summed E-state index contributed by atoms with van der Waals surface area (Å²) in [5.74, 6) is -2.39. The first-order chi connectivity index (χ1) is 24.0. The summed E-state index contributed by atoms with van der Waals surface area (Å²) in [5, 5.41) is 2.06. The van der Waals surface area contributed by atoms with Crippen molar-refractivity contribution >= 4 is 10.8 Å². The number of hydrogen-bond acceptors (Lipinski definition) is 2. The smallest absolute Gasteiger partial charge is 0.228 e. The number of fused-ring (bicyclic) bond motifs is 4. The van der Waals surface area contributed by atoms with Crippen LogP contribution in [-0.2, 0) is 5.92 Å². The summed E-state index contributed by atoms with van der Waals surface area (Å²) in [5.41, 5.74) is 9.76. The molecule has 9 rings (SSSR count). The van der Waals surface area contributed by atoms with Crippen LogP contribution in [-0.4, -0.2) is 9.97 Å². The molecule has 0 saturated heterocycles. The molecule has 1 aromatic heterocycles. The van der Waals surface area contributed by atoms with Gasteiger partial charge in [-0.05, 0) is 68.4 Å². The number of alkyl halides is 2. The molecule has 1 aliphatic rings. The maximum Gasteiger partial charge on any atom is 0.299 e. The van der Waals surface area contributed by atoms with Crippen molar-refractivity contribution in [2.45, 2.75) is 5.92 Å². The molecule has 0 saturated carbocycles. The van der Waals surface area contributed by atoms with Crippen molar-refractivity contribution in [3.8, 4) is 67.3 Å². The van der Waals surface area contributed by atoms with E-state index in [4.69, 9.17) is 9.97 Å². The third-order valence-electron chi connectivity index (χ3n) is 9.43. The van der Waals surface area contributed by atoms with Crippen LogP contribution in [0.5, 0.6) is 0 Å². The van der Waals surface area contributed by atoms with E-state index in [1.165, 1.54) is 6.07 Å². The van der Waals surface area contributed by atoms with Gasteiger partial charge in [-0.15, -0.1) is 0 Å². The van der Waals surface area contributed by atoms with Crippen molar-refractivity contribution in [3.05, 3.63) is 181 Å². The highest BCUT2D eigenvalue weighted by atomic mass is 19.3. The van der Waals surface area contributed by atoms with Gasteiger partial charge in [0.15, 0.2) is 5.82 Å². The topological polar surface area (TPSA) is 25.8 Å². The fourth-order valence-electron chi connectivity index (χ4n) is 6.86. The number of nitrogens with zero attached hydrogens (tertiary/aromatic N) is 2. The van der Waals surface area contributed by atoms with Gasteiger partial charge in [-0.3, -0.25) is 0 Å². The van der Waals surface area contributed by atoms with Crippen molar-refractivity contribution < 1.29 is 8.78 Å². The van der Waals surface area contributed by atoms with Crippen LogP contribution in [0.3, 0.4) is 0 Å². The van der Waals surface area contributed by atoms with Crippen LogP contribution in [0.1, 0.15) is 11.1 Å². The van der Waals surface area contributed by atoms with Gasteiger partial charge < -0.3 is 0 Å². The second-order valence-electron chi connectivity index (χ2n) is 12.4. The molecule has 0 amide bonds. The molecular formula is C45H28F2N2. The fourth-order valence-corrected chi connectivity index (χ4v) is 6.86. The minimum atomic E-state index is -3.03. The summed E-state index contributed by atoms with van der Waals surface area (Å²) >= 11 is 0. The van der Waals surface area contributed by atoms with Crippen LogP contribution in [0.15, 0.2) is 170 Å². The molecule has 1 heterocycles. The van der Waals surface area contributed by atoms with Crippen LogP contribution in [0, 0.1) is 0 Å². The van der Waals surface area contributed by atoms with Crippen molar-refractivity contribution in [1.29, 1.82) is 0 Å². The first-order valence-corrected chi connectivity index (χ1v) is 16.3. The lowest BCUT2D eigenvalue weighted by molar-refractivity contribution is 0.0480. The normalized spacial score (nSPS) is 12.9. The Hall–Kier alpha value is -6.26. The van der Waals surface area contributed by atoms with E-state index in [0.29, 0.717) is 17.0 Å². The van der Waals surface area contributed by atoms with Crippen LogP contribution in [0.2, 0.25) is 0 Å². The maximum atomic E-state index is 15.5. The molecule has 0 atom stereocenters. The van der Waals surface area contributed by atoms with E-state index in [2.05, 4.69) is 72.8 Å². The van der Waals surface area contributed by atoms with Crippen molar-refractivity contribution in [2.24, 2.45) is 0 Å². The van der Waals surface area contributed by atoms with E-state index in [9.17, 15) is 0 Å². The third kappa shape index (κ3) is 5.10. The minimum Gasteiger partial charge on any atom is -0.228 e. The number of rotatable bonds is 5. The third-order valence-corrected chi connectivity index (χ3v) is 9.43. The fraction of sp³-hybridized carbons (Fsp3) is 0.0222. The number of hydrogen-bond donors (Lipinski definition) is 0. The van der Waals surface area contributed by atoms with Gasteiger partial charge in [0.1, 0.15) is 0 Å². The van der Waals surface area contributed by atoms with Crippen LogP contribution >= 0.6 is 0 Å². The highest BCUT2D eigenvalue weighted by molar-refractivity contribution is 5.92. The summed E-state index contributed by atoms with van der Waals surface area (Å²) in [6.07, 6.45) is 0. The Balaban J connectivity index is 1.12. The van der Waals surface area contributed by atoms with Crippen molar-refractivity contribution in [3.63, 3.8) is 0 Å². The van der Waals surface area contributed by atoms with Gasteiger partial charge in [0, 0.05) is 27.8 Å². The Bertz CT molecular complexity index is 2510. The first-order valence-electron chi connectivity index (χ1n) is 16.3. The lowest BCUT2D eigenvalue weighted by Gasteiger charge is -2.14. The molecular weight excluding hydrogens is 607 g/mol. The zero-order valence-electron chi connectivity index (χ0n) is 26.3. The largest absolute Gasteiger partial charge is 0.299 e.